The van der Waals surface area contributed by atoms with Crippen LogP contribution in [-0.2, 0) is 16.0 Å². The van der Waals surface area contributed by atoms with Crippen LogP contribution in [0, 0.1) is 11.6 Å². The molecule has 164 valence electrons. The number of nitrogens with zero attached hydrogens (tertiary/aromatic N) is 1. The van der Waals surface area contributed by atoms with Crippen LogP contribution in [0.5, 0.6) is 23.0 Å². The molecule has 8 nitrogen and oxygen atoms in total. The highest BCUT2D eigenvalue weighted by atomic mass is 19.1. The Balaban J connectivity index is 1.72. The van der Waals surface area contributed by atoms with Crippen molar-refractivity contribution in [1.82, 2.24) is 4.90 Å². The molecule has 0 saturated carbocycles. The first-order valence-corrected chi connectivity index (χ1v) is 9.10. The van der Waals surface area contributed by atoms with Gasteiger partial charge in [-0.1, -0.05) is 0 Å². The number of benzene rings is 2. The zero-order valence-electron chi connectivity index (χ0n) is 17.0. The molecule has 0 aromatic heterocycles. The van der Waals surface area contributed by atoms with Gasteiger partial charge in [-0.15, -0.1) is 0 Å². The number of phenols is 1. The number of hydrogen-bond donors (Lipinski definition) is 2. The van der Waals surface area contributed by atoms with Gasteiger partial charge in [-0.25, -0.2) is 8.78 Å². The van der Waals surface area contributed by atoms with Gasteiger partial charge >= 0.3 is 0 Å². The van der Waals surface area contributed by atoms with Crippen molar-refractivity contribution in [3.8, 4) is 23.0 Å². The van der Waals surface area contributed by atoms with Gasteiger partial charge < -0.3 is 24.6 Å². The van der Waals surface area contributed by atoms with Gasteiger partial charge in [0.25, 0.3) is 11.8 Å². The second kappa shape index (κ2) is 8.90. The van der Waals surface area contributed by atoms with Crippen molar-refractivity contribution in [3.63, 3.8) is 0 Å². The standard InChI is InChI=1S/C21H20F2N2O6/c1-29-16-6-11(7-17(30-2)20(16)31-3)4-5-25-18(26)10-15(21(25)28)24-12-8-13(22)19(27)14(23)9-12/h6-10,24,27H,4-5H2,1-3H3. The van der Waals surface area contributed by atoms with Crippen molar-refractivity contribution in [3.05, 3.63) is 53.2 Å². The molecule has 1 aliphatic rings. The number of imide groups is 1. The average Bonchev–Trinajstić information content (AvgIpc) is 3.01. The molecule has 3 rings (SSSR count). The van der Waals surface area contributed by atoms with Crippen LogP contribution >= 0.6 is 0 Å². The molecule has 1 heterocycles. The fourth-order valence-electron chi connectivity index (χ4n) is 3.12. The summed E-state index contributed by atoms with van der Waals surface area (Å²) in [6, 6.07) is 5.05. The van der Waals surface area contributed by atoms with E-state index in [0.29, 0.717) is 23.7 Å². The Morgan fingerprint density at radius 1 is 0.968 bits per heavy atom. The number of aromatic hydroxyl groups is 1. The lowest BCUT2D eigenvalue weighted by atomic mass is 10.1. The molecule has 2 aromatic carbocycles. The number of anilines is 1. The van der Waals surface area contributed by atoms with Crippen molar-refractivity contribution in [1.29, 1.82) is 0 Å². The predicted molar refractivity (Wildman–Crippen MR) is 106 cm³/mol. The molecule has 0 bridgehead atoms. The largest absolute Gasteiger partial charge is 0.503 e. The number of halogens is 2. The van der Waals surface area contributed by atoms with E-state index in [-0.39, 0.29) is 17.9 Å². The summed E-state index contributed by atoms with van der Waals surface area (Å²) in [5.74, 6) is -3.44. The summed E-state index contributed by atoms with van der Waals surface area (Å²) < 4.78 is 42.9. The SMILES string of the molecule is COc1cc(CCN2C(=O)C=C(Nc3cc(F)c(O)c(F)c3)C2=O)cc(OC)c1OC. The summed E-state index contributed by atoms with van der Waals surface area (Å²) in [6.07, 6.45) is 1.35. The number of carbonyl (C=O) groups is 2. The molecule has 10 heteroatoms. The van der Waals surface area contributed by atoms with Crippen molar-refractivity contribution >= 4 is 17.5 Å². The number of ether oxygens (including phenoxy) is 3. The smallest absolute Gasteiger partial charge is 0.277 e. The Morgan fingerprint density at radius 2 is 1.55 bits per heavy atom. The Hall–Kier alpha value is -3.82. The van der Waals surface area contributed by atoms with E-state index in [4.69, 9.17) is 19.3 Å². The van der Waals surface area contributed by atoms with Crippen LogP contribution in [0.25, 0.3) is 0 Å². The molecule has 31 heavy (non-hydrogen) atoms. The lowest BCUT2D eigenvalue weighted by Crippen LogP contribution is -2.33. The maximum atomic E-state index is 13.5. The van der Waals surface area contributed by atoms with E-state index in [9.17, 15) is 18.4 Å². The third-order valence-corrected chi connectivity index (χ3v) is 4.65. The van der Waals surface area contributed by atoms with Crippen molar-refractivity contribution < 1.29 is 37.7 Å². The molecule has 0 atom stereocenters. The van der Waals surface area contributed by atoms with E-state index in [0.717, 1.165) is 28.7 Å². The maximum absolute atomic E-state index is 13.5. The van der Waals surface area contributed by atoms with E-state index >= 15 is 0 Å². The van der Waals surface area contributed by atoms with Gasteiger partial charge in [0.05, 0.1) is 21.3 Å². The van der Waals surface area contributed by atoms with E-state index in [1.807, 2.05) is 0 Å². The van der Waals surface area contributed by atoms with Crippen LogP contribution in [0.2, 0.25) is 0 Å². The van der Waals surface area contributed by atoms with E-state index < -0.39 is 29.2 Å². The highest BCUT2D eigenvalue weighted by Gasteiger charge is 2.31. The monoisotopic (exact) mass is 434 g/mol. The fraction of sp³-hybridized carbons (Fsp3) is 0.238. The van der Waals surface area contributed by atoms with E-state index in [2.05, 4.69) is 5.32 Å². The summed E-state index contributed by atoms with van der Waals surface area (Å²) in [4.78, 5) is 25.9. The third kappa shape index (κ3) is 4.37. The van der Waals surface area contributed by atoms with Gasteiger partial charge in [0.1, 0.15) is 5.70 Å². The molecule has 0 fully saturated rings. The first kappa shape index (κ1) is 21.9. The third-order valence-electron chi connectivity index (χ3n) is 4.65. The van der Waals surface area contributed by atoms with Crippen LogP contribution in [0.4, 0.5) is 14.5 Å². The molecule has 0 saturated heterocycles. The highest BCUT2D eigenvalue weighted by Crippen LogP contribution is 2.38. The average molecular weight is 434 g/mol. The minimum absolute atomic E-state index is 0.0519. The number of methoxy groups -OCH3 is 3. The van der Waals surface area contributed by atoms with Crippen molar-refractivity contribution in [2.24, 2.45) is 0 Å². The predicted octanol–water partition coefficient (Wildman–Crippen LogP) is 2.60. The number of nitrogens with one attached hydrogen (secondary N) is 1. The summed E-state index contributed by atoms with van der Waals surface area (Å²) >= 11 is 0. The summed E-state index contributed by atoms with van der Waals surface area (Å²) in [5, 5.41) is 11.7. The molecule has 0 spiro atoms. The number of phenolic OH excluding ortho intramolecular Hbond substituents is 1. The lowest BCUT2D eigenvalue weighted by Gasteiger charge is -2.17. The number of carbonyl (C=O) groups excluding carboxylic acids is 2. The molecule has 2 aromatic rings. The Labute approximate surface area is 176 Å². The molecule has 2 N–H and O–H groups in total. The topological polar surface area (TPSA) is 97.3 Å². The van der Waals surface area contributed by atoms with Gasteiger partial charge in [0.2, 0.25) is 5.75 Å². The molecule has 0 radical (unpaired) electrons. The first-order chi connectivity index (χ1) is 14.8. The number of amides is 2. The lowest BCUT2D eigenvalue weighted by molar-refractivity contribution is -0.137. The van der Waals surface area contributed by atoms with Crippen LogP contribution in [-0.4, -0.2) is 49.7 Å². The molecule has 0 aliphatic carbocycles. The zero-order valence-corrected chi connectivity index (χ0v) is 17.0. The zero-order chi connectivity index (χ0) is 22.7. The van der Waals surface area contributed by atoms with E-state index in [1.165, 1.54) is 21.3 Å². The van der Waals surface area contributed by atoms with Crippen molar-refractivity contribution in [2.45, 2.75) is 6.42 Å². The summed E-state index contributed by atoms with van der Waals surface area (Å²) in [6.45, 7) is 0.0519. The van der Waals surface area contributed by atoms with Crippen LogP contribution in [0.15, 0.2) is 36.0 Å². The quantitative estimate of drug-likeness (QED) is 0.487. The molecule has 0 unspecified atom stereocenters. The molecular formula is C21H20F2N2O6. The van der Waals surface area contributed by atoms with Gasteiger partial charge in [-0.3, -0.25) is 14.5 Å². The van der Waals surface area contributed by atoms with Crippen LogP contribution in [0.1, 0.15) is 5.56 Å². The van der Waals surface area contributed by atoms with Gasteiger partial charge in [0.15, 0.2) is 28.9 Å². The maximum Gasteiger partial charge on any atom is 0.277 e. The number of rotatable bonds is 8. The highest BCUT2D eigenvalue weighted by molar-refractivity contribution is 6.17. The Kier molecular flexibility index (Phi) is 6.28. The Morgan fingerprint density at radius 3 is 2.06 bits per heavy atom. The number of hydrogen-bond acceptors (Lipinski definition) is 7. The normalized spacial score (nSPS) is 13.3. The van der Waals surface area contributed by atoms with Gasteiger partial charge in [0, 0.05) is 30.4 Å². The van der Waals surface area contributed by atoms with Gasteiger partial charge in [-0.2, -0.15) is 0 Å². The fourth-order valence-corrected chi connectivity index (χ4v) is 3.12. The second-order valence-electron chi connectivity index (χ2n) is 6.55. The summed E-state index contributed by atoms with van der Waals surface area (Å²) in [7, 11) is 4.44. The Bertz CT molecular complexity index is 1020. The summed E-state index contributed by atoms with van der Waals surface area (Å²) in [5.41, 5.74) is 0.477. The minimum Gasteiger partial charge on any atom is -0.503 e. The molecular weight excluding hydrogens is 414 g/mol. The second-order valence-corrected chi connectivity index (χ2v) is 6.55. The van der Waals surface area contributed by atoms with Crippen molar-refractivity contribution in [2.75, 3.05) is 33.2 Å². The minimum atomic E-state index is -1.20. The van der Waals surface area contributed by atoms with E-state index in [1.54, 1.807) is 12.1 Å². The van der Waals surface area contributed by atoms with Crippen LogP contribution in [0.3, 0.4) is 0 Å². The van der Waals surface area contributed by atoms with Gasteiger partial charge in [-0.05, 0) is 24.1 Å². The first-order valence-electron chi connectivity index (χ1n) is 9.10. The molecule has 2 amide bonds. The van der Waals surface area contributed by atoms with Crippen LogP contribution < -0.4 is 19.5 Å². The molecule has 1 aliphatic heterocycles.